The van der Waals surface area contributed by atoms with Gasteiger partial charge in [0.15, 0.2) is 0 Å². The van der Waals surface area contributed by atoms with E-state index in [9.17, 15) is 0 Å². The molecule has 0 aliphatic rings. The van der Waals surface area contributed by atoms with Crippen molar-refractivity contribution in [3.05, 3.63) is 154 Å². The van der Waals surface area contributed by atoms with Crippen LogP contribution in [0.25, 0.3) is 0 Å². The van der Waals surface area contributed by atoms with Gasteiger partial charge in [0.2, 0.25) is 0 Å². The molecule has 1 nitrogen and oxygen atoms in total. The van der Waals surface area contributed by atoms with Crippen molar-refractivity contribution in [2.24, 2.45) is 0 Å². The minimum absolute atomic E-state index is 0.145. The number of hydrogen-bond acceptors (Lipinski definition) is 1. The first-order valence-corrected chi connectivity index (χ1v) is 14.8. The van der Waals surface area contributed by atoms with Crippen LogP contribution in [0.3, 0.4) is 0 Å². The molecule has 0 aromatic heterocycles. The molecule has 0 aromatic rings. The maximum atomic E-state index is 9.05. The van der Waals surface area contributed by atoms with Gasteiger partial charge in [0.1, 0.15) is 0 Å². The van der Waals surface area contributed by atoms with Gasteiger partial charge in [-0.3, -0.25) is 0 Å². The summed E-state index contributed by atoms with van der Waals surface area (Å²) in [6, 6.07) is 0. The highest BCUT2D eigenvalue weighted by atomic mass is 16.3. The second-order valence-electron chi connectivity index (χ2n) is 11.1. The van der Waals surface area contributed by atoms with E-state index in [-0.39, 0.29) is 6.61 Å². The van der Waals surface area contributed by atoms with Crippen LogP contribution in [0.5, 0.6) is 0 Å². The highest BCUT2D eigenvalue weighted by Gasteiger charge is 1.90. The number of allylic oxidation sites excluding steroid dienone is 25. The van der Waals surface area contributed by atoms with Gasteiger partial charge in [-0.15, -0.1) is 0 Å². The van der Waals surface area contributed by atoms with Crippen molar-refractivity contribution in [1.82, 2.24) is 0 Å². The van der Waals surface area contributed by atoms with Crippen molar-refractivity contribution in [2.75, 3.05) is 6.61 Å². The van der Waals surface area contributed by atoms with E-state index in [1.807, 2.05) is 6.92 Å². The second-order valence-corrected chi connectivity index (χ2v) is 11.1. The topological polar surface area (TPSA) is 20.2 Å². The van der Waals surface area contributed by atoms with Gasteiger partial charge in [-0.2, -0.15) is 0 Å². The number of rotatable bonds is 17. The van der Waals surface area contributed by atoms with Crippen LogP contribution in [0.4, 0.5) is 0 Å². The summed E-state index contributed by atoms with van der Waals surface area (Å²) in [4.78, 5) is 0. The highest BCUT2D eigenvalue weighted by Crippen LogP contribution is 2.09. The van der Waals surface area contributed by atoms with Gasteiger partial charge in [0, 0.05) is 0 Å². The fourth-order valence-electron chi connectivity index (χ4n) is 3.43. The molecule has 0 bridgehead atoms. The lowest BCUT2D eigenvalue weighted by molar-refractivity contribution is 0.331. The lowest BCUT2D eigenvalue weighted by Gasteiger charge is -1.98. The monoisotopic (exact) mass is 552 g/mol. The van der Waals surface area contributed by atoms with Crippen LogP contribution in [0.15, 0.2) is 154 Å². The van der Waals surface area contributed by atoms with Gasteiger partial charge in [-0.1, -0.05) is 154 Å². The lowest BCUT2D eigenvalue weighted by atomic mass is 10.1. The molecule has 0 aliphatic carbocycles. The summed E-state index contributed by atoms with van der Waals surface area (Å²) >= 11 is 0. The molecule has 0 spiro atoms. The molecule has 0 rings (SSSR count). The van der Waals surface area contributed by atoms with Gasteiger partial charge in [-0.05, 0) is 88.0 Å². The summed E-state index contributed by atoms with van der Waals surface area (Å²) in [6.45, 7) is 19.2. The quantitative estimate of drug-likeness (QED) is 0.140. The number of aliphatic hydroxyl groups excluding tert-OH is 1. The van der Waals surface area contributed by atoms with Gasteiger partial charge < -0.3 is 5.11 Å². The smallest absolute Gasteiger partial charge is 0.0639 e. The average Bonchev–Trinajstić information content (AvgIpc) is 2.90. The van der Waals surface area contributed by atoms with E-state index in [1.54, 1.807) is 0 Å². The Morgan fingerprint density at radius 1 is 0.415 bits per heavy atom. The molecule has 0 fully saturated rings. The Hall–Kier alpha value is -3.42. The van der Waals surface area contributed by atoms with Crippen molar-refractivity contribution >= 4 is 0 Å². The minimum atomic E-state index is 0.145. The summed E-state index contributed by atoms with van der Waals surface area (Å²) in [5.41, 5.74) is 9.99. The average molecular weight is 553 g/mol. The predicted molar refractivity (Wildman–Crippen MR) is 187 cm³/mol. The molecular formula is C40H56O. The third-order valence-electron chi connectivity index (χ3n) is 6.12. The van der Waals surface area contributed by atoms with Crippen LogP contribution in [-0.4, -0.2) is 11.7 Å². The molecule has 0 aromatic carbocycles. The van der Waals surface area contributed by atoms with E-state index in [0.717, 1.165) is 31.3 Å². The molecule has 0 unspecified atom stereocenters. The van der Waals surface area contributed by atoms with Crippen LogP contribution >= 0.6 is 0 Å². The van der Waals surface area contributed by atoms with Crippen LogP contribution < -0.4 is 0 Å². The Kier molecular flexibility index (Phi) is 22.3. The van der Waals surface area contributed by atoms with Crippen LogP contribution in [-0.2, 0) is 0 Å². The number of hydrogen-bond donors (Lipinski definition) is 1. The summed E-state index contributed by atoms with van der Waals surface area (Å²) in [7, 11) is 0. The van der Waals surface area contributed by atoms with E-state index in [1.165, 1.54) is 39.0 Å². The molecule has 0 aliphatic heterocycles. The molecule has 0 radical (unpaired) electrons. The molecular weight excluding hydrogens is 496 g/mol. The SMILES string of the molecule is CC(C)=CCC\C(C)=C/C=C/C(C)=C/C=C/C(C)=C/C=C/C=C(C)/C=C/C=C(C)/C=C/C=C(\C)CC/C=C(\C)CO. The van der Waals surface area contributed by atoms with Crippen LogP contribution in [0, 0.1) is 0 Å². The zero-order valence-electron chi connectivity index (χ0n) is 27.4. The summed E-state index contributed by atoms with van der Waals surface area (Å²) in [6.07, 6.45) is 42.6. The summed E-state index contributed by atoms with van der Waals surface area (Å²) in [5.74, 6) is 0. The summed E-state index contributed by atoms with van der Waals surface area (Å²) in [5, 5.41) is 9.05. The van der Waals surface area contributed by atoms with Crippen molar-refractivity contribution in [1.29, 1.82) is 0 Å². The largest absolute Gasteiger partial charge is 0.392 e. The van der Waals surface area contributed by atoms with Crippen molar-refractivity contribution < 1.29 is 5.11 Å². The zero-order chi connectivity index (χ0) is 30.9. The Morgan fingerprint density at radius 2 is 0.756 bits per heavy atom. The van der Waals surface area contributed by atoms with Gasteiger partial charge >= 0.3 is 0 Å². The molecule has 1 N–H and O–H groups in total. The zero-order valence-corrected chi connectivity index (χ0v) is 27.4. The first kappa shape index (κ1) is 37.6. The third-order valence-corrected chi connectivity index (χ3v) is 6.12. The molecule has 0 heterocycles. The maximum Gasteiger partial charge on any atom is 0.0639 e. The molecule has 0 atom stereocenters. The third kappa shape index (κ3) is 25.3. The lowest BCUT2D eigenvalue weighted by Crippen LogP contribution is -1.84. The molecule has 1 heteroatoms. The molecule has 41 heavy (non-hydrogen) atoms. The second kappa shape index (κ2) is 24.4. The Labute approximate surface area is 253 Å². The van der Waals surface area contributed by atoms with Crippen LogP contribution in [0.1, 0.15) is 88.0 Å². The summed E-state index contributed by atoms with van der Waals surface area (Å²) < 4.78 is 0. The fourth-order valence-corrected chi connectivity index (χ4v) is 3.43. The maximum absolute atomic E-state index is 9.05. The highest BCUT2D eigenvalue weighted by molar-refractivity contribution is 5.32. The van der Waals surface area contributed by atoms with Crippen molar-refractivity contribution in [3.8, 4) is 0 Å². The van der Waals surface area contributed by atoms with E-state index < -0.39 is 0 Å². The van der Waals surface area contributed by atoms with Crippen molar-refractivity contribution in [2.45, 2.75) is 88.0 Å². The molecule has 222 valence electrons. The number of aliphatic hydroxyl groups is 1. The normalized spacial score (nSPS) is 15.6. The van der Waals surface area contributed by atoms with E-state index in [2.05, 4.69) is 165 Å². The first-order valence-electron chi connectivity index (χ1n) is 14.8. The standard InChI is InChI=1S/C40H56O/c1-33(2)18-12-21-36(5)24-15-27-37(6)25-13-22-34(3)19-10-11-20-35(4)23-14-26-38(7)28-16-29-39(8)30-17-31-40(9)32-41/h10-11,13-16,18-20,22-29,31,41H,12,17,21,30,32H2,1-9H3/b11-10+,22-13+,23-14+,27-15+,28-16+,34-19+,35-20+,36-24-,37-25+,38-26+,39-29+,40-31+. The Balaban J connectivity index is 4.70. The van der Waals surface area contributed by atoms with E-state index in [0.29, 0.717) is 0 Å². The van der Waals surface area contributed by atoms with Crippen LogP contribution in [0.2, 0.25) is 0 Å². The van der Waals surface area contributed by atoms with Gasteiger partial charge in [-0.25, -0.2) is 0 Å². The predicted octanol–water partition coefficient (Wildman–Crippen LogP) is 11.9. The van der Waals surface area contributed by atoms with E-state index >= 15 is 0 Å². The molecule has 0 saturated carbocycles. The van der Waals surface area contributed by atoms with Crippen molar-refractivity contribution in [3.63, 3.8) is 0 Å². The van der Waals surface area contributed by atoms with Gasteiger partial charge in [0.25, 0.3) is 0 Å². The van der Waals surface area contributed by atoms with Gasteiger partial charge in [0.05, 0.1) is 6.61 Å². The molecule has 0 saturated heterocycles. The minimum Gasteiger partial charge on any atom is -0.392 e. The Bertz CT molecular complexity index is 1170. The first-order chi connectivity index (χ1) is 19.5. The molecule has 0 amide bonds. The van der Waals surface area contributed by atoms with E-state index in [4.69, 9.17) is 5.11 Å². The fraction of sp³-hybridized carbons (Fsp3) is 0.350. The Morgan fingerprint density at radius 3 is 1.12 bits per heavy atom.